The molecule has 0 saturated carbocycles. The number of ether oxygens (including phenoxy) is 3. The van der Waals surface area contributed by atoms with E-state index in [-0.39, 0.29) is 6.61 Å². The molecule has 1 atom stereocenters. The van der Waals surface area contributed by atoms with Crippen LogP contribution in [0.1, 0.15) is 6.92 Å². The van der Waals surface area contributed by atoms with Crippen molar-refractivity contribution >= 4 is 28.3 Å². The molecular weight excluding hydrogens is 358 g/mol. The summed E-state index contributed by atoms with van der Waals surface area (Å²) in [7, 11) is 1.51. The van der Waals surface area contributed by atoms with Crippen molar-refractivity contribution in [2.45, 2.75) is 13.0 Å². The largest absolute Gasteiger partial charge is 0.493 e. The van der Waals surface area contributed by atoms with Crippen molar-refractivity contribution in [2.24, 2.45) is 0 Å². The summed E-state index contributed by atoms with van der Waals surface area (Å²) < 4.78 is 15.7. The van der Waals surface area contributed by atoms with Gasteiger partial charge in [0.15, 0.2) is 24.2 Å². The minimum absolute atomic E-state index is 0.325. The Bertz CT molecular complexity index is 985. The molecule has 1 amide bonds. The Labute approximate surface area is 163 Å². The fraction of sp³-hybridized carbons (Fsp3) is 0.182. The number of carbonyl (C=O) groups excluding carboxylic acids is 2. The predicted molar refractivity (Wildman–Crippen MR) is 107 cm³/mol. The fourth-order valence-electron chi connectivity index (χ4n) is 2.67. The zero-order valence-corrected chi connectivity index (χ0v) is 15.7. The van der Waals surface area contributed by atoms with Crippen LogP contribution < -0.4 is 14.8 Å². The standard InChI is InChI=1S/C22H21NO5/c1-15(28-21(24)14-27-20-10-6-5-9-19(20)26-2)22(25)23-18-12-11-16-7-3-4-8-17(16)13-18/h3-13,15H,14H2,1-2H3,(H,23,25)/t15-/m0/s1. The maximum absolute atomic E-state index is 12.3. The van der Waals surface area contributed by atoms with E-state index in [9.17, 15) is 9.59 Å². The molecule has 6 nitrogen and oxygen atoms in total. The van der Waals surface area contributed by atoms with Crippen molar-refractivity contribution in [3.63, 3.8) is 0 Å². The zero-order valence-electron chi connectivity index (χ0n) is 15.7. The average molecular weight is 379 g/mol. The minimum Gasteiger partial charge on any atom is -0.493 e. The summed E-state index contributed by atoms with van der Waals surface area (Å²) in [5, 5.41) is 4.84. The first-order chi connectivity index (χ1) is 13.6. The van der Waals surface area contributed by atoms with Gasteiger partial charge in [0, 0.05) is 5.69 Å². The van der Waals surface area contributed by atoms with Crippen LogP contribution in [-0.4, -0.2) is 31.7 Å². The Kier molecular flexibility index (Phi) is 6.11. The lowest BCUT2D eigenvalue weighted by molar-refractivity contribution is -0.155. The molecule has 144 valence electrons. The van der Waals surface area contributed by atoms with Gasteiger partial charge in [0.2, 0.25) is 0 Å². The molecule has 0 bridgehead atoms. The van der Waals surface area contributed by atoms with Crippen LogP contribution in [0.3, 0.4) is 0 Å². The van der Waals surface area contributed by atoms with E-state index in [1.54, 1.807) is 30.3 Å². The molecule has 0 unspecified atom stereocenters. The maximum Gasteiger partial charge on any atom is 0.344 e. The molecule has 1 N–H and O–H groups in total. The van der Waals surface area contributed by atoms with Gasteiger partial charge >= 0.3 is 5.97 Å². The smallest absolute Gasteiger partial charge is 0.344 e. The van der Waals surface area contributed by atoms with Crippen molar-refractivity contribution in [1.29, 1.82) is 0 Å². The molecule has 3 aromatic rings. The van der Waals surface area contributed by atoms with Crippen LogP contribution in [-0.2, 0) is 14.3 Å². The van der Waals surface area contributed by atoms with E-state index in [0.717, 1.165) is 10.8 Å². The van der Waals surface area contributed by atoms with E-state index in [1.807, 2.05) is 36.4 Å². The summed E-state index contributed by atoms with van der Waals surface area (Å²) in [6.07, 6.45) is -0.958. The van der Waals surface area contributed by atoms with Crippen LogP contribution in [0.15, 0.2) is 66.7 Å². The summed E-state index contributed by atoms with van der Waals surface area (Å²) in [6, 6.07) is 20.4. The van der Waals surface area contributed by atoms with Crippen LogP contribution in [0, 0.1) is 0 Å². The predicted octanol–water partition coefficient (Wildman–Crippen LogP) is 3.80. The number of hydrogen-bond acceptors (Lipinski definition) is 5. The molecule has 0 aromatic heterocycles. The number of anilines is 1. The molecule has 28 heavy (non-hydrogen) atoms. The van der Waals surface area contributed by atoms with Gasteiger partial charge in [-0.15, -0.1) is 0 Å². The van der Waals surface area contributed by atoms with E-state index in [2.05, 4.69) is 5.32 Å². The minimum atomic E-state index is -0.958. The summed E-state index contributed by atoms with van der Waals surface area (Å²) in [4.78, 5) is 24.3. The van der Waals surface area contributed by atoms with Gasteiger partial charge in [-0.1, -0.05) is 42.5 Å². The number of benzene rings is 3. The van der Waals surface area contributed by atoms with Crippen molar-refractivity contribution in [1.82, 2.24) is 0 Å². The maximum atomic E-state index is 12.3. The highest BCUT2D eigenvalue weighted by Crippen LogP contribution is 2.25. The molecule has 0 aliphatic carbocycles. The Balaban J connectivity index is 1.53. The SMILES string of the molecule is COc1ccccc1OCC(=O)O[C@@H](C)C(=O)Nc1ccc2ccccc2c1. The molecule has 0 heterocycles. The highest BCUT2D eigenvalue weighted by Gasteiger charge is 2.19. The van der Waals surface area contributed by atoms with Gasteiger partial charge in [-0.25, -0.2) is 4.79 Å². The third kappa shape index (κ3) is 4.79. The molecule has 0 spiro atoms. The summed E-state index contributed by atoms with van der Waals surface area (Å²) in [6.45, 7) is 1.19. The molecule has 6 heteroatoms. The van der Waals surface area contributed by atoms with Gasteiger partial charge in [-0.05, 0) is 42.0 Å². The molecule has 0 aliphatic rings. The van der Waals surface area contributed by atoms with E-state index < -0.39 is 18.0 Å². The number of fused-ring (bicyclic) bond motifs is 1. The first-order valence-electron chi connectivity index (χ1n) is 8.82. The molecule has 3 aromatic carbocycles. The molecule has 0 saturated heterocycles. The summed E-state index contributed by atoms with van der Waals surface area (Å²) in [5.74, 6) is -0.124. The second-order valence-corrected chi connectivity index (χ2v) is 6.12. The highest BCUT2D eigenvalue weighted by molar-refractivity contribution is 5.97. The number of nitrogens with one attached hydrogen (secondary N) is 1. The molecule has 0 aliphatic heterocycles. The average Bonchev–Trinajstić information content (AvgIpc) is 2.72. The van der Waals surface area contributed by atoms with Crippen LogP contribution in [0.4, 0.5) is 5.69 Å². The third-order valence-electron chi connectivity index (χ3n) is 4.11. The van der Waals surface area contributed by atoms with Gasteiger partial charge < -0.3 is 19.5 Å². The fourth-order valence-corrected chi connectivity index (χ4v) is 2.67. The lowest BCUT2D eigenvalue weighted by atomic mass is 10.1. The second-order valence-electron chi connectivity index (χ2n) is 6.12. The van der Waals surface area contributed by atoms with Gasteiger partial charge in [0.05, 0.1) is 7.11 Å². The Morgan fingerprint density at radius 1 is 0.929 bits per heavy atom. The lowest BCUT2D eigenvalue weighted by Crippen LogP contribution is -2.31. The Hall–Kier alpha value is -3.54. The van der Waals surface area contributed by atoms with Crippen molar-refractivity contribution < 1.29 is 23.8 Å². The lowest BCUT2D eigenvalue weighted by Gasteiger charge is -2.15. The van der Waals surface area contributed by atoms with Crippen molar-refractivity contribution in [3.05, 3.63) is 66.7 Å². The van der Waals surface area contributed by atoms with Crippen molar-refractivity contribution in [2.75, 3.05) is 19.0 Å². The van der Waals surface area contributed by atoms with Gasteiger partial charge in [0.1, 0.15) is 0 Å². The van der Waals surface area contributed by atoms with E-state index >= 15 is 0 Å². The van der Waals surface area contributed by atoms with Gasteiger partial charge in [-0.3, -0.25) is 4.79 Å². The Morgan fingerprint density at radius 3 is 2.36 bits per heavy atom. The summed E-state index contributed by atoms with van der Waals surface area (Å²) in [5.41, 5.74) is 0.636. The second kappa shape index (κ2) is 8.90. The molecule has 3 rings (SSSR count). The van der Waals surface area contributed by atoms with E-state index in [1.165, 1.54) is 14.0 Å². The van der Waals surface area contributed by atoms with Crippen molar-refractivity contribution in [3.8, 4) is 11.5 Å². The quantitative estimate of drug-likeness (QED) is 0.632. The number of para-hydroxylation sites is 2. The first kappa shape index (κ1) is 19.2. The first-order valence-corrected chi connectivity index (χ1v) is 8.82. The van der Waals surface area contributed by atoms with Crippen LogP contribution >= 0.6 is 0 Å². The number of esters is 1. The number of methoxy groups -OCH3 is 1. The van der Waals surface area contributed by atoms with Gasteiger partial charge in [-0.2, -0.15) is 0 Å². The topological polar surface area (TPSA) is 73.9 Å². The highest BCUT2D eigenvalue weighted by atomic mass is 16.6. The third-order valence-corrected chi connectivity index (χ3v) is 4.11. The molecule has 0 fully saturated rings. The number of hydrogen-bond donors (Lipinski definition) is 1. The van der Waals surface area contributed by atoms with E-state index in [0.29, 0.717) is 17.2 Å². The van der Waals surface area contributed by atoms with Crippen LogP contribution in [0.2, 0.25) is 0 Å². The molecular formula is C22H21NO5. The van der Waals surface area contributed by atoms with Crippen LogP contribution in [0.5, 0.6) is 11.5 Å². The summed E-state index contributed by atoms with van der Waals surface area (Å²) >= 11 is 0. The number of rotatable bonds is 7. The monoisotopic (exact) mass is 379 g/mol. The number of amides is 1. The zero-order chi connectivity index (χ0) is 19.9. The molecule has 0 radical (unpaired) electrons. The van der Waals surface area contributed by atoms with Crippen LogP contribution in [0.25, 0.3) is 10.8 Å². The van der Waals surface area contributed by atoms with Gasteiger partial charge in [0.25, 0.3) is 5.91 Å². The number of carbonyl (C=O) groups is 2. The Morgan fingerprint density at radius 2 is 1.61 bits per heavy atom. The normalized spacial score (nSPS) is 11.5. The van der Waals surface area contributed by atoms with E-state index in [4.69, 9.17) is 14.2 Å².